The second-order valence-corrected chi connectivity index (χ2v) is 5.70. The van der Waals surface area contributed by atoms with Crippen LogP contribution in [-0.4, -0.2) is 18.6 Å². The van der Waals surface area contributed by atoms with Crippen molar-refractivity contribution in [2.75, 3.05) is 0 Å². The summed E-state index contributed by atoms with van der Waals surface area (Å²) in [5.41, 5.74) is 1.04. The van der Waals surface area contributed by atoms with Crippen molar-refractivity contribution in [1.29, 1.82) is 0 Å². The highest BCUT2D eigenvalue weighted by molar-refractivity contribution is 8.13. The monoisotopic (exact) mass is 258 g/mol. The van der Waals surface area contributed by atoms with E-state index in [9.17, 15) is 13.2 Å². The third kappa shape index (κ3) is 2.17. The molecule has 0 fully saturated rings. The first-order valence-corrected chi connectivity index (χ1v) is 6.60. The lowest BCUT2D eigenvalue weighted by Crippen LogP contribution is -1.93. The first-order valence-electron chi connectivity index (χ1n) is 4.29. The SMILES string of the molecule is O=c1cc(-c2ccc(S(=O)(=O)Cl)cc2)[nH][nH]1. The standard InChI is InChI=1S/C9H7ClN2O3S/c10-16(14,15)7-3-1-6(2-4-7)8-5-9(13)12-11-8/h1-5H,(H2,11,12,13). The van der Waals surface area contributed by atoms with Crippen LogP contribution in [0, 0.1) is 0 Å². The average Bonchev–Trinajstić information content (AvgIpc) is 2.64. The summed E-state index contributed by atoms with van der Waals surface area (Å²) in [6.07, 6.45) is 0. The van der Waals surface area contributed by atoms with E-state index in [4.69, 9.17) is 10.7 Å². The number of aromatic nitrogens is 2. The van der Waals surface area contributed by atoms with E-state index in [0.717, 1.165) is 0 Å². The normalized spacial score (nSPS) is 11.6. The van der Waals surface area contributed by atoms with E-state index in [1.165, 1.54) is 18.2 Å². The first-order chi connectivity index (χ1) is 7.47. The predicted octanol–water partition coefficient (Wildman–Crippen LogP) is 1.30. The number of nitrogens with one attached hydrogen (secondary N) is 2. The van der Waals surface area contributed by atoms with Gasteiger partial charge in [0.1, 0.15) is 0 Å². The van der Waals surface area contributed by atoms with Crippen molar-refractivity contribution in [3.05, 3.63) is 40.7 Å². The minimum Gasteiger partial charge on any atom is -0.298 e. The third-order valence-corrected chi connectivity index (χ3v) is 3.41. The number of hydrogen-bond donors (Lipinski definition) is 2. The number of H-pyrrole nitrogens is 2. The van der Waals surface area contributed by atoms with Gasteiger partial charge in [-0.25, -0.2) is 8.42 Å². The van der Waals surface area contributed by atoms with E-state index in [2.05, 4.69) is 10.2 Å². The molecule has 0 aliphatic carbocycles. The maximum absolute atomic E-state index is 11.0. The fourth-order valence-corrected chi connectivity index (χ4v) is 2.05. The molecule has 0 aliphatic heterocycles. The summed E-state index contributed by atoms with van der Waals surface area (Å²) < 4.78 is 22.0. The van der Waals surface area contributed by atoms with E-state index in [1.54, 1.807) is 12.1 Å². The molecule has 0 unspecified atom stereocenters. The summed E-state index contributed by atoms with van der Waals surface area (Å²) in [6.45, 7) is 0. The predicted molar refractivity (Wildman–Crippen MR) is 59.9 cm³/mol. The quantitative estimate of drug-likeness (QED) is 0.797. The van der Waals surface area contributed by atoms with Gasteiger partial charge >= 0.3 is 0 Å². The summed E-state index contributed by atoms with van der Waals surface area (Å²) in [5, 5.41) is 5.05. The maximum atomic E-state index is 11.0. The van der Waals surface area contributed by atoms with E-state index in [0.29, 0.717) is 11.3 Å². The molecule has 1 aromatic carbocycles. The van der Waals surface area contributed by atoms with Gasteiger partial charge in [-0.1, -0.05) is 12.1 Å². The van der Waals surface area contributed by atoms with Gasteiger partial charge in [0.05, 0.1) is 10.6 Å². The highest BCUT2D eigenvalue weighted by Gasteiger charge is 2.09. The Hall–Kier alpha value is -1.53. The molecule has 0 saturated carbocycles. The molecule has 0 bridgehead atoms. The Morgan fingerprint density at radius 3 is 2.12 bits per heavy atom. The zero-order valence-corrected chi connectivity index (χ0v) is 9.47. The molecule has 0 amide bonds. The van der Waals surface area contributed by atoms with E-state index in [1.807, 2.05) is 0 Å². The van der Waals surface area contributed by atoms with Crippen LogP contribution in [0.3, 0.4) is 0 Å². The fourth-order valence-electron chi connectivity index (χ4n) is 1.28. The van der Waals surface area contributed by atoms with Crippen LogP contribution in [0.1, 0.15) is 0 Å². The molecule has 1 heterocycles. The van der Waals surface area contributed by atoms with Gasteiger partial charge in [-0.2, -0.15) is 0 Å². The molecule has 0 radical (unpaired) electrons. The lowest BCUT2D eigenvalue weighted by atomic mass is 10.2. The topological polar surface area (TPSA) is 82.8 Å². The second kappa shape index (κ2) is 3.80. The summed E-state index contributed by atoms with van der Waals surface area (Å²) in [6, 6.07) is 7.26. The van der Waals surface area contributed by atoms with Gasteiger partial charge in [0, 0.05) is 16.7 Å². The Labute approximate surface area is 95.5 Å². The summed E-state index contributed by atoms with van der Waals surface area (Å²) in [7, 11) is 1.47. The highest BCUT2D eigenvalue weighted by atomic mass is 35.7. The van der Waals surface area contributed by atoms with Crippen LogP contribution in [0.15, 0.2) is 40.0 Å². The van der Waals surface area contributed by atoms with Gasteiger partial charge in [0.15, 0.2) is 0 Å². The van der Waals surface area contributed by atoms with Crippen molar-refractivity contribution < 1.29 is 8.42 Å². The van der Waals surface area contributed by atoms with Gasteiger partial charge in [0.2, 0.25) is 0 Å². The minimum absolute atomic E-state index is 0.0239. The van der Waals surface area contributed by atoms with Crippen molar-refractivity contribution in [2.45, 2.75) is 4.90 Å². The molecule has 0 saturated heterocycles. The van der Waals surface area contributed by atoms with Crippen LogP contribution in [0.5, 0.6) is 0 Å². The molecule has 0 atom stereocenters. The second-order valence-electron chi connectivity index (χ2n) is 3.13. The van der Waals surface area contributed by atoms with Crippen molar-refractivity contribution in [1.82, 2.24) is 10.2 Å². The van der Waals surface area contributed by atoms with Gasteiger partial charge in [-0.05, 0) is 17.7 Å². The van der Waals surface area contributed by atoms with Crippen molar-refractivity contribution in [2.24, 2.45) is 0 Å². The molecular formula is C9H7ClN2O3S. The van der Waals surface area contributed by atoms with Gasteiger partial charge < -0.3 is 0 Å². The fraction of sp³-hybridized carbons (Fsp3) is 0. The Balaban J connectivity index is 2.44. The summed E-state index contributed by atoms with van der Waals surface area (Å²) >= 11 is 0. The van der Waals surface area contributed by atoms with Crippen LogP contribution in [0.4, 0.5) is 0 Å². The van der Waals surface area contributed by atoms with Crippen LogP contribution in [0.25, 0.3) is 11.3 Å². The molecule has 0 spiro atoms. The Morgan fingerprint density at radius 2 is 1.69 bits per heavy atom. The number of aromatic amines is 2. The van der Waals surface area contributed by atoms with Gasteiger partial charge in [0.25, 0.3) is 14.6 Å². The summed E-state index contributed by atoms with van der Waals surface area (Å²) in [5.74, 6) is 0. The van der Waals surface area contributed by atoms with E-state index in [-0.39, 0.29) is 10.5 Å². The molecule has 2 N–H and O–H groups in total. The van der Waals surface area contributed by atoms with Crippen molar-refractivity contribution in [3.8, 4) is 11.3 Å². The number of hydrogen-bond acceptors (Lipinski definition) is 3. The molecule has 5 nitrogen and oxygen atoms in total. The van der Waals surface area contributed by atoms with Crippen LogP contribution in [-0.2, 0) is 9.05 Å². The van der Waals surface area contributed by atoms with Crippen molar-refractivity contribution >= 4 is 19.7 Å². The smallest absolute Gasteiger partial charge is 0.264 e. The number of halogens is 1. The van der Waals surface area contributed by atoms with Crippen LogP contribution in [0.2, 0.25) is 0 Å². The zero-order valence-electron chi connectivity index (χ0n) is 7.90. The van der Waals surface area contributed by atoms with E-state index < -0.39 is 9.05 Å². The highest BCUT2D eigenvalue weighted by Crippen LogP contribution is 2.20. The minimum atomic E-state index is -3.70. The summed E-state index contributed by atoms with van der Waals surface area (Å²) in [4.78, 5) is 10.9. The van der Waals surface area contributed by atoms with Crippen molar-refractivity contribution in [3.63, 3.8) is 0 Å². The van der Waals surface area contributed by atoms with Crippen LogP contribution >= 0.6 is 10.7 Å². The number of benzene rings is 1. The zero-order chi connectivity index (χ0) is 11.8. The molecule has 84 valence electrons. The molecule has 16 heavy (non-hydrogen) atoms. The van der Waals surface area contributed by atoms with Crippen LogP contribution < -0.4 is 5.56 Å². The maximum Gasteiger partial charge on any atom is 0.264 e. The molecule has 2 aromatic rings. The van der Waals surface area contributed by atoms with Gasteiger partial charge in [-0.3, -0.25) is 15.0 Å². The average molecular weight is 259 g/mol. The Bertz CT molecular complexity index is 655. The molecular weight excluding hydrogens is 252 g/mol. The van der Waals surface area contributed by atoms with Gasteiger partial charge in [-0.15, -0.1) is 0 Å². The first kappa shape index (κ1) is 11.0. The largest absolute Gasteiger partial charge is 0.298 e. The number of rotatable bonds is 2. The Morgan fingerprint density at radius 1 is 1.06 bits per heavy atom. The lowest BCUT2D eigenvalue weighted by molar-refractivity contribution is 0.609. The Kier molecular flexibility index (Phi) is 2.61. The molecule has 7 heteroatoms. The lowest BCUT2D eigenvalue weighted by Gasteiger charge is -1.98. The van der Waals surface area contributed by atoms with E-state index >= 15 is 0 Å². The molecule has 2 rings (SSSR count). The third-order valence-electron chi connectivity index (χ3n) is 2.04. The molecule has 0 aliphatic rings. The molecule has 1 aromatic heterocycles.